The molecule has 0 bridgehead atoms. The Morgan fingerprint density at radius 1 is 0.947 bits per heavy atom. The Kier molecular flexibility index (Phi) is 4.63. The van der Waals surface area contributed by atoms with Crippen molar-refractivity contribution in [3.63, 3.8) is 0 Å². The monoisotopic (exact) mass is 261 g/mol. The van der Waals surface area contributed by atoms with Crippen LogP contribution in [0.4, 0.5) is 8.78 Å². The molecule has 0 fully saturated rings. The third-order valence-corrected chi connectivity index (χ3v) is 2.95. The van der Waals surface area contributed by atoms with Gasteiger partial charge in [0.2, 0.25) is 0 Å². The van der Waals surface area contributed by atoms with Gasteiger partial charge in [-0.3, -0.25) is 0 Å². The first-order valence-corrected chi connectivity index (χ1v) is 6.46. The number of nitrogens with one attached hydrogen (secondary N) is 1. The highest BCUT2D eigenvalue weighted by molar-refractivity contribution is 5.65. The maximum atomic E-state index is 14.0. The van der Waals surface area contributed by atoms with Crippen LogP contribution >= 0.6 is 0 Å². The Morgan fingerprint density at radius 3 is 2.37 bits per heavy atom. The topological polar surface area (TPSA) is 12.0 Å². The van der Waals surface area contributed by atoms with Crippen molar-refractivity contribution >= 4 is 0 Å². The van der Waals surface area contributed by atoms with Crippen molar-refractivity contribution in [2.75, 3.05) is 6.54 Å². The number of hydrogen-bond donors (Lipinski definition) is 1. The summed E-state index contributed by atoms with van der Waals surface area (Å²) in [7, 11) is 0. The normalized spacial score (nSPS) is 10.7. The van der Waals surface area contributed by atoms with Crippen LogP contribution in [0.1, 0.15) is 18.9 Å². The lowest BCUT2D eigenvalue weighted by Crippen LogP contribution is -2.13. The van der Waals surface area contributed by atoms with Crippen LogP contribution < -0.4 is 5.32 Å². The highest BCUT2D eigenvalue weighted by Gasteiger charge is 2.09. The summed E-state index contributed by atoms with van der Waals surface area (Å²) in [6.45, 7) is 3.61. The highest BCUT2D eigenvalue weighted by atomic mass is 19.1. The summed E-state index contributed by atoms with van der Waals surface area (Å²) in [6.07, 6.45) is 1.04. The SMILES string of the molecule is CCCNCc1ccc(-c2ccccc2F)c(F)c1. The lowest BCUT2D eigenvalue weighted by atomic mass is 10.0. The highest BCUT2D eigenvalue weighted by Crippen LogP contribution is 2.26. The van der Waals surface area contributed by atoms with Crippen molar-refractivity contribution < 1.29 is 8.78 Å². The standard InChI is InChI=1S/C16H17F2N/c1-2-9-19-11-12-7-8-14(16(18)10-12)13-5-3-4-6-15(13)17/h3-8,10,19H,2,9,11H2,1H3. The fraction of sp³-hybridized carbons (Fsp3) is 0.250. The van der Waals surface area contributed by atoms with Crippen LogP contribution in [-0.4, -0.2) is 6.54 Å². The van der Waals surface area contributed by atoms with Crippen molar-refractivity contribution in [2.24, 2.45) is 0 Å². The molecule has 0 aliphatic carbocycles. The van der Waals surface area contributed by atoms with Crippen LogP contribution in [-0.2, 0) is 6.54 Å². The second kappa shape index (κ2) is 6.43. The largest absolute Gasteiger partial charge is 0.313 e. The third-order valence-electron chi connectivity index (χ3n) is 2.95. The molecule has 0 spiro atoms. The lowest BCUT2D eigenvalue weighted by molar-refractivity contribution is 0.612. The van der Waals surface area contributed by atoms with E-state index in [1.807, 2.05) is 6.07 Å². The van der Waals surface area contributed by atoms with Crippen molar-refractivity contribution in [2.45, 2.75) is 19.9 Å². The van der Waals surface area contributed by atoms with Gasteiger partial charge >= 0.3 is 0 Å². The fourth-order valence-corrected chi connectivity index (χ4v) is 1.98. The van der Waals surface area contributed by atoms with E-state index in [1.165, 1.54) is 12.1 Å². The zero-order valence-corrected chi connectivity index (χ0v) is 10.9. The number of halogens is 2. The molecular formula is C16H17F2N. The quantitative estimate of drug-likeness (QED) is 0.798. The van der Waals surface area contributed by atoms with Crippen molar-refractivity contribution in [1.29, 1.82) is 0 Å². The van der Waals surface area contributed by atoms with E-state index >= 15 is 0 Å². The van der Waals surface area contributed by atoms with Gasteiger partial charge in [-0.1, -0.05) is 37.3 Å². The predicted octanol–water partition coefficient (Wildman–Crippen LogP) is 4.13. The molecule has 0 heterocycles. The molecule has 100 valence electrons. The van der Waals surface area contributed by atoms with Crippen LogP contribution in [0, 0.1) is 11.6 Å². The van der Waals surface area contributed by atoms with Crippen LogP contribution in [0.15, 0.2) is 42.5 Å². The molecule has 0 atom stereocenters. The molecule has 0 saturated carbocycles. The molecule has 2 aromatic rings. The Morgan fingerprint density at radius 2 is 1.68 bits per heavy atom. The van der Waals surface area contributed by atoms with E-state index in [2.05, 4.69) is 12.2 Å². The van der Waals surface area contributed by atoms with E-state index in [9.17, 15) is 8.78 Å². The average molecular weight is 261 g/mol. The van der Waals surface area contributed by atoms with Crippen molar-refractivity contribution in [1.82, 2.24) is 5.32 Å². The first-order valence-electron chi connectivity index (χ1n) is 6.46. The summed E-state index contributed by atoms with van der Waals surface area (Å²) in [5.74, 6) is -0.792. The summed E-state index contributed by atoms with van der Waals surface area (Å²) in [5.41, 5.74) is 1.47. The van der Waals surface area contributed by atoms with E-state index in [1.54, 1.807) is 24.3 Å². The molecule has 0 saturated heterocycles. The van der Waals surface area contributed by atoms with Gasteiger partial charge in [0, 0.05) is 17.7 Å². The van der Waals surface area contributed by atoms with Gasteiger partial charge in [-0.05, 0) is 30.7 Å². The molecule has 0 radical (unpaired) electrons. The molecular weight excluding hydrogens is 244 g/mol. The van der Waals surface area contributed by atoms with Crippen LogP contribution in [0.3, 0.4) is 0 Å². The molecule has 0 unspecified atom stereocenters. The molecule has 1 N–H and O–H groups in total. The van der Waals surface area contributed by atoms with Crippen LogP contribution in [0.2, 0.25) is 0 Å². The molecule has 3 heteroatoms. The minimum absolute atomic E-state index is 0.299. The Balaban J connectivity index is 2.22. The molecule has 2 aromatic carbocycles. The Hall–Kier alpha value is -1.74. The number of hydrogen-bond acceptors (Lipinski definition) is 1. The summed E-state index contributed by atoms with van der Waals surface area (Å²) < 4.78 is 27.7. The zero-order chi connectivity index (χ0) is 13.7. The smallest absolute Gasteiger partial charge is 0.131 e. The van der Waals surface area contributed by atoms with Crippen LogP contribution in [0.25, 0.3) is 11.1 Å². The fourth-order valence-electron chi connectivity index (χ4n) is 1.98. The predicted molar refractivity (Wildman–Crippen MR) is 73.8 cm³/mol. The molecule has 19 heavy (non-hydrogen) atoms. The van der Waals surface area contributed by atoms with Crippen molar-refractivity contribution in [3.8, 4) is 11.1 Å². The van der Waals surface area contributed by atoms with Gasteiger partial charge in [-0.15, -0.1) is 0 Å². The Bertz CT molecular complexity index is 552. The summed E-state index contributed by atoms with van der Waals surface area (Å²) in [6, 6.07) is 11.2. The summed E-state index contributed by atoms with van der Waals surface area (Å²) >= 11 is 0. The lowest BCUT2D eigenvalue weighted by Gasteiger charge is -2.08. The second-order valence-corrected chi connectivity index (χ2v) is 4.47. The van der Waals surface area contributed by atoms with Gasteiger partial charge in [0.15, 0.2) is 0 Å². The zero-order valence-electron chi connectivity index (χ0n) is 10.9. The van der Waals surface area contributed by atoms with E-state index in [4.69, 9.17) is 0 Å². The first-order chi connectivity index (χ1) is 9.22. The van der Waals surface area contributed by atoms with Gasteiger partial charge in [-0.25, -0.2) is 8.78 Å². The van der Waals surface area contributed by atoms with E-state index < -0.39 is 5.82 Å². The van der Waals surface area contributed by atoms with E-state index in [-0.39, 0.29) is 5.82 Å². The van der Waals surface area contributed by atoms with Gasteiger partial charge in [0.1, 0.15) is 11.6 Å². The number of rotatable bonds is 5. The van der Waals surface area contributed by atoms with Crippen molar-refractivity contribution in [3.05, 3.63) is 59.7 Å². The van der Waals surface area contributed by atoms with Crippen LogP contribution in [0.5, 0.6) is 0 Å². The maximum absolute atomic E-state index is 14.0. The minimum atomic E-state index is -0.404. The van der Waals surface area contributed by atoms with Gasteiger partial charge in [-0.2, -0.15) is 0 Å². The van der Waals surface area contributed by atoms with Gasteiger partial charge in [0.25, 0.3) is 0 Å². The molecule has 0 aromatic heterocycles. The first kappa shape index (κ1) is 13.7. The van der Waals surface area contributed by atoms with Gasteiger partial charge < -0.3 is 5.32 Å². The molecule has 0 amide bonds. The molecule has 2 rings (SSSR count). The molecule has 0 aliphatic rings. The minimum Gasteiger partial charge on any atom is -0.313 e. The van der Waals surface area contributed by atoms with E-state index in [0.29, 0.717) is 17.7 Å². The average Bonchev–Trinajstić information content (AvgIpc) is 2.40. The van der Waals surface area contributed by atoms with Gasteiger partial charge in [0.05, 0.1) is 0 Å². The molecule has 1 nitrogen and oxygen atoms in total. The van der Waals surface area contributed by atoms with E-state index in [0.717, 1.165) is 18.5 Å². The maximum Gasteiger partial charge on any atom is 0.131 e. The molecule has 0 aliphatic heterocycles. The Labute approximate surface area is 112 Å². The summed E-state index contributed by atoms with van der Waals surface area (Å²) in [4.78, 5) is 0. The summed E-state index contributed by atoms with van der Waals surface area (Å²) in [5, 5.41) is 3.21. The second-order valence-electron chi connectivity index (χ2n) is 4.47. The third kappa shape index (κ3) is 3.38. The number of benzene rings is 2.